The molecular formula is C29H34O5. The van der Waals surface area contributed by atoms with Crippen LogP contribution in [0, 0.1) is 6.92 Å². The molecule has 0 aliphatic carbocycles. The zero-order chi connectivity index (χ0) is 24.3. The summed E-state index contributed by atoms with van der Waals surface area (Å²) in [5.41, 5.74) is 3.42. The molecule has 5 heteroatoms. The molecule has 5 nitrogen and oxygen atoms in total. The first-order valence-corrected chi connectivity index (χ1v) is 11.8. The Morgan fingerprint density at radius 3 is 2.44 bits per heavy atom. The van der Waals surface area contributed by atoms with Crippen LogP contribution >= 0.6 is 0 Å². The number of carbonyl (C=O) groups excluding carboxylic acids is 1. The summed E-state index contributed by atoms with van der Waals surface area (Å²) in [7, 11) is 1.41. The largest absolute Gasteiger partial charge is 0.493 e. The van der Waals surface area contributed by atoms with E-state index >= 15 is 0 Å². The predicted molar refractivity (Wildman–Crippen MR) is 134 cm³/mol. The van der Waals surface area contributed by atoms with Crippen molar-refractivity contribution in [2.24, 2.45) is 0 Å². The van der Waals surface area contributed by atoms with Gasteiger partial charge in [-0.25, -0.2) is 0 Å². The molecule has 0 radical (unpaired) electrons. The molecule has 0 bridgehead atoms. The van der Waals surface area contributed by atoms with Crippen LogP contribution in [0.1, 0.15) is 43.4 Å². The Balaban J connectivity index is 1.54. The lowest BCUT2D eigenvalue weighted by molar-refractivity contribution is -0.140. The van der Waals surface area contributed by atoms with Crippen LogP contribution in [0.5, 0.6) is 23.0 Å². The highest BCUT2D eigenvalue weighted by molar-refractivity contribution is 5.69. The molecule has 0 heterocycles. The van der Waals surface area contributed by atoms with E-state index in [0.29, 0.717) is 19.4 Å². The van der Waals surface area contributed by atoms with Crippen LogP contribution in [0.2, 0.25) is 0 Å². The summed E-state index contributed by atoms with van der Waals surface area (Å²) >= 11 is 0. The molecule has 0 aliphatic heterocycles. The van der Waals surface area contributed by atoms with Gasteiger partial charge in [-0.3, -0.25) is 4.79 Å². The molecule has 3 aromatic rings. The van der Waals surface area contributed by atoms with Crippen molar-refractivity contribution in [2.75, 3.05) is 13.7 Å². The minimum Gasteiger partial charge on any atom is -0.493 e. The van der Waals surface area contributed by atoms with Gasteiger partial charge < -0.3 is 18.9 Å². The molecule has 0 aliphatic rings. The van der Waals surface area contributed by atoms with Crippen molar-refractivity contribution < 1.29 is 23.7 Å². The first-order chi connectivity index (χ1) is 16.5. The van der Waals surface area contributed by atoms with Gasteiger partial charge in [0, 0.05) is 12.8 Å². The summed E-state index contributed by atoms with van der Waals surface area (Å²) in [6, 6.07) is 21.8. The van der Waals surface area contributed by atoms with Gasteiger partial charge in [-0.15, -0.1) is 0 Å². The lowest BCUT2D eigenvalue weighted by Crippen LogP contribution is -2.16. The molecular weight excluding hydrogens is 428 g/mol. The van der Waals surface area contributed by atoms with E-state index in [1.165, 1.54) is 12.7 Å². The van der Waals surface area contributed by atoms with Crippen LogP contribution in [-0.4, -0.2) is 25.8 Å². The van der Waals surface area contributed by atoms with Crippen LogP contribution < -0.4 is 14.2 Å². The molecule has 1 atom stereocenters. The highest BCUT2D eigenvalue weighted by Gasteiger charge is 2.12. The maximum absolute atomic E-state index is 11.4. The quantitative estimate of drug-likeness (QED) is 0.281. The molecule has 0 N–H and O–H groups in total. The minimum atomic E-state index is -0.199. The van der Waals surface area contributed by atoms with Gasteiger partial charge in [-0.1, -0.05) is 37.3 Å². The Labute approximate surface area is 202 Å². The molecule has 0 spiro atoms. The summed E-state index contributed by atoms with van der Waals surface area (Å²) in [5.74, 6) is 2.83. The second kappa shape index (κ2) is 12.7. The smallest absolute Gasteiger partial charge is 0.305 e. The molecule has 1 unspecified atom stereocenters. The van der Waals surface area contributed by atoms with E-state index in [1.54, 1.807) is 0 Å². The third-order valence-electron chi connectivity index (χ3n) is 5.65. The van der Waals surface area contributed by atoms with Gasteiger partial charge in [-0.2, -0.15) is 0 Å². The second-order valence-electron chi connectivity index (χ2n) is 8.28. The van der Waals surface area contributed by atoms with E-state index in [2.05, 4.69) is 13.0 Å². The van der Waals surface area contributed by atoms with Crippen LogP contribution in [0.4, 0.5) is 0 Å². The van der Waals surface area contributed by atoms with Crippen molar-refractivity contribution in [2.45, 2.75) is 52.6 Å². The van der Waals surface area contributed by atoms with E-state index < -0.39 is 0 Å². The summed E-state index contributed by atoms with van der Waals surface area (Å²) < 4.78 is 23.0. The number of methoxy groups -OCH3 is 1. The number of hydrogen-bond acceptors (Lipinski definition) is 5. The van der Waals surface area contributed by atoms with Crippen LogP contribution in [0.3, 0.4) is 0 Å². The highest BCUT2D eigenvalue weighted by Crippen LogP contribution is 2.33. The van der Waals surface area contributed by atoms with E-state index in [1.807, 2.05) is 74.5 Å². The van der Waals surface area contributed by atoms with Gasteiger partial charge in [-0.05, 0) is 79.8 Å². The van der Waals surface area contributed by atoms with E-state index in [-0.39, 0.29) is 12.1 Å². The zero-order valence-corrected chi connectivity index (χ0v) is 20.5. The number of rotatable bonds is 12. The van der Waals surface area contributed by atoms with Gasteiger partial charge in [0.2, 0.25) is 0 Å². The molecule has 34 heavy (non-hydrogen) atoms. The standard InChI is InChI=1S/C29H34O5/c1-5-23-11-15-27(28(20-23)34-25-9-7-6-8-10-25)33-22(3)17-18-32-26-14-12-24(21(2)19-26)13-16-29(30)31-4/h6-12,14-15,19-20,22H,5,13,16-18H2,1-4H3. The monoisotopic (exact) mass is 462 g/mol. The second-order valence-corrected chi connectivity index (χ2v) is 8.28. The number of hydrogen-bond donors (Lipinski definition) is 0. The lowest BCUT2D eigenvalue weighted by Gasteiger charge is -2.19. The van der Waals surface area contributed by atoms with E-state index in [4.69, 9.17) is 18.9 Å². The van der Waals surface area contributed by atoms with Gasteiger partial charge in [0.05, 0.1) is 19.8 Å². The summed E-state index contributed by atoms with van der Waals surface area (Å²) in [6.45, 7) is 6.71. The molecule has 0 amide bonds. The van der Waals surface area contributed by atoms with Crippen LogP contribution in [0.15, 0.2) is 66.7 Å². The van der Waals surface area contributed by atoms with Gasteiger partial charge in [0.25, 0.3) is 0 Å². The molecule has 0 saturated carbocycles. The number of carbonyl (C=O) groups is 1. The predicted octanol–water partition coefficient (Wildman–Crippen LogP) is 6.69. The molecule has 0 fully saturated rings. The molecule has 3 aromatic carbocycles. The highest BCUT2D eigenvalue weighted by atomic mass is 16.5. The average molecular weight is 463 g/mol. The Bertz CT molecular complexity index is 1060. The SMILES string of the molecule is CCc1ccc(OC(C)CCOc2ccc(CCC(=O)OC)c(C)c2)c(Oc2ccccc2)c1. The summed E-state index contributed by atoms with van der Waals surface area (Å²) in [5, 5.41) is 0. The van der Waals surface area contributed by atoms with Crippen molar-refractivity contribution in [3.05, 3.63) is 83.4 Å². The average Bonchev–Trinajstić information content (AvgIpc) is 2.85. The number of benzene rings is 3. The van der Waals surface area contributed by atoms with E-state index in [0.717, 1.165) is 47.0 Å². The van der Waals surface area contributed by atoms with Gasteiger partial charge in [0.15, 0.2) is 11.5 Å². The fourth-order valence-corrected chi connectivity index (χ4v) is 3.56. The Morgan fingerprint density at radius 2 is 1.74 bits per heavy atom. The maximum atomic E-state index is 11.4. The Hall–Kier alpha value is -3.47. The van der Waals surface area contributed by atoms with Crippen molar-refractivity contribution >= 4 is 5.97 Å². The Kier molecular flexibility index (Phi) is 9.39. The minimum absolute atomic E-state index is 0.0500. The van der Waals surface area contributed by atoms with Crippen LogP contribution in [0.25, 0.3) is 0 Å². The Morgan fingerprint density at radius 1 is 0.941 bits per heavy atom. The molecule has 3 rings (SSSR count). The normalized spacial score (nSPS) is 11.5. The third kappa shape index (κ3) is 7.55. The van der Waals surface area contributed by atoms with Crippen molar-refractivity contribution in [1.82, 2.24) is 0 Å². The lowest BCUT2D eigenvalue weighted by atomic mass is 10.0. The number of ether oxygens (including phenoxy) is 4. The van der Waals surface area contributed by atoms with Gasteiger partial charge >= 0.3 is 5.97 Å². The first-order valence-electron chi connectivity index (χ1n) is 11.8. The summed E-state index contributed by atoms with van der Waals surface area (Å²) in [6.07, 6.45) is 2.64. The number of esters is 1. The molecule has 180 valence electrons. The van der Waals surface area contributed by atoms with Crippen molar-refractivity contribution in [1.29, 1.82) is 0 Å². The van der Waals surface area contributed by atoms with Gasteiger partial charge in [0.1, 0.15) is 11.5 Å². The zero-order valence-electron chi connectivity index (χ0n) is 20.5. The molecule has 0 aromatic heterocycles. The van der Waals surface area contributed by atoms with Crippen molar-refractivity contribution in [3.8, 4) is 23.0 Å². The molecule has 0 saturated heterocycles. The fourth-order valence-electron chi connectivity index (χ4n) is 3.56. The number of aryl methyl sites for hydroxylation is 3. The van der Waals surface area contributed by atoms with Crippen molar-refractivity contribution in [3.63, 3.8) is 0 Å². The topological polar surface area (TPSA) is 54.0 Å². The third-order valence-corrected chi connectivity index (χ3v) is 5.65. The maximum Gasteiger partial charge on any atom is 0.305 e. The number of para-hydroxylation sites is 1. The van der Waals surface area contributed by atoms with Crippen LogP contribution in [-0.2, 0) is 22.4 Å². The summed E-state index contributed by atoms with van der Waals surface area (Å²) in [4.78, 5) is 11.4. The fraction of sp³-hybridized carbons (Fsp3) is 0.345. The first kappa shape index (κ1) is 25.2. The van der Waals surface area contributed by atoms with E-state index in [9.17, 15) is 4.79 Å².